The standard InChI is InChI=1S/C27H25B5F2O8S/c28-9-14-1-4-22(17(5-14)11-30)41-26(37)21-8-16(2-3-20(21)24(35)27(33,34)43(38,39)40)25(36)42-23-18(12-31)6-15(10-29)7-19(23)13-32/h1,4-7,16,20-21H,2-3,8-13H2,(H,38,39,40). The highest BCUT2D eigenvalue weighted by Gasteiger charge is 2.58. The minimum absolute atomic E-state index is 0.0310. The van der Waals surface area contributed by atoms with Crippen LogP contribution in [0.3, 0.4) is 0 Å². The highest BCUT2D eigenvalue weighted by atomic mass is 32.2. The summed E-state index contributed by atoms with van der Waals surface area (Å²) in [6, 6.07) is 7.77. The Morgan fingerprint density at radius 1 is 0.791 bits per heavy atom. The molecule has 3 atom stereocenters. The van der Waals surface area contributed by atoms with Crippen LogP contribution in [0.2, 0.25) is 0 Å². The number of benzene rings is 2. The summed E-state index contributed by atoms with van der Waals surface area (Å²) in [4.78, 5) is 39.4. The molecule has 0 spiro atoms. The molecule has 8 nitrogen and oxygen atoms in total. The molecule has 0 aliphatic heterocycles. The predicted molar refractivity (Wildman–Crippen MR) is 157 cm³/mol. The van der Waals surface area contributed by atoms with Crippen molar-refractivity contribution in [3.8, 4) is 11.5 Å². The van der Waals surface area contributed by atoms with Crippen LogP contribution in [0, 0.1) is 17.8 Å². The summed E-state index contributed by atoms with van der Waals surface area (Å²) < 4.78 is 71.7. The van der Waals surface area contributed by atoms with E-state index < -0.39 is 63.7 Å². The molecular formula is C27H25B5F2O8S. The lowest BCUT2D eigenvalue weighted by atomic mass is 9.72. The van der Waals surface area contributed by atoms with E-state index in [-0.39, 0.29) is 49.5 Å². The van der Waals surface area contributed by atoms with Gasteiger partial charge in [-0.1, -0.05) is 67.0 Å². The first kappa shape index (κ1) is 34.6. The number of ether oxygens (including phenoxy) is 2. The molecule has 0 heterocycles. The molecule has 2 aromatic rings. The topological polar surface area (TPSA) is 124 Å². The maximum absolute atomic E-state index is 14.5. The molecule has 0 saturated heterocycles. The Labute approximate surface area is 255 Å². The molecule has 216 valence electrons. The maximum atomic E-state index is 14.5. The Balaban J connectivity index is 1.96. The lowest BCUT2D eigenvalue weighted by molar-refractivity contribution is -0.155. The molecular weight excluding hydrogens is 576 g/mol. The molecule has 0 aromatic heterocycles. The van der Waals surface area contributed by atoms with Crippen molar-refractivity contribution in [1.29, 1.82) is 0 Å². The molecule has 16 heteroatoms. The van der Waals surface area contributed by atoms with E-state index >= 15 is 0 Å². The molecule has 0 amide bonds. The number of carbonyl (C=O) groups excluding carboxylic acids is 3. The van der Waals surface area contributed by atoms with Crippen molar-refractivity contribution in [2.45, 2.75) is 56.1 Å². The van der Waals surface area contributed by atoms with Crippen LogP contribution in [0.25, 0.3) is 0 Å². The summed E-state index contributed by atoms with van der Waals surface area (Å²) >= 11 is 0. The SMILES string of the molecule is [B]Cc1ccc(OC(=O)C2CC(C(=O)Oc3c(C[B])cc(C[B])cc3C[B])CCC2C(=O)C(F)(F)S(=O)(=O)O)c(C[B])c1. The van der Waals surface area contributed by atoms with Crippen molar-refractivity contribution in [2.75, 3.05) is 0 Å². The summed E-state index contributed by atoms with van der Waals surface area (Å²) in [5, 5.41) is -5.20. The average Bonchev–Trinajstić information content (AvgIpc) is 2.99. The Morgan fingerprint density at radius 3 is 1.86 bits per heavy atom. The molecule has 10 radical (unpaired) electrons. The van der Waals surface area contributed by atoms with Gasteiger partial charge in [-0.3, -0.25) is 18.9 Å². The monoisotopic (exact) mass is 602 g/mol. The molecule has 43 heavy (non-hydrogen) atoms. The molecule has 1 N–H and O–H groups in total. The van der Waals surface area contributed by atoms with Gasteiger partial charge >= 0.3 is 27.3 Å². The minimum atomic E-state index is -6.16. The van der Waals surface area contributed by atoms with Crippen LogP contribution in [0.5, 0.6) is 11.5 Å². The van der Waals surface area contributed by atoms with Crippen LogP contribution in [0.4, 0.5) is 8.78 Å². The van der Waals surface area contributed by atoms with Crippen LogP contribution in [-0.4, -0.2) is 75.2 Å². The van der Waals surface area contributed by atoms with Crippen molar-refractivity contribution < 1.29 is 45.6 Å². The maximum Gasteiger partial charge on any atom is 0.427 e. The zero-order valence-corrected chi connectivity index (χ0v) is 23.9. The molecule has 2 aromatic carbocycles. The quantitative estimate of drug-likeness (QED) is 0.169. The fraction of sp³-hybridized carbons (Fsp3) is 0.444. The molecule has 3 rings (SSSR count). The number of hydrogen-bond donors (Lipinski definition) is 1. The van der Waals surface area contributed by atoms with Gasteiger partial charge in [0.1, 0.15) is 11.5 Å². The summed E-state index contributed by atoms with van der Waals surface area (Å²) in [5.74, 6) is -8.92. The number of esters is 2. The van der Waals surface area contributed by atoms with E-state index in [2.05, 4.69) is 0 Å². The van der Waals surface area contributed by atoms with Crippen molar-refractivity contribution in [3.05, 3.63) is 58.1 Å². The van der Waals surface area contributed by atoms with Crippen LogP contribution in [0.15, 0.2) is 30.3 Å². The molecule has 1 fully saturated rings. The first-order valence-corrected chi connectivity index (χ1v) is 14.8. The van der Waals surface area contributed by atoms with E-state index in [1.54, 1.807) is 18.2 Å². The van der Waals surface area contributed by atoms with Crippen molar-refractivity contribution in [1.82, 2.24) is 0 Å². The van der Waals surface area contributed by atoms with E-state index in [9.17, 15) is 31.6 Å². The smallest absolute Gasteiger partial charge is 0.426 e. The third-order valence-corrected chi connectivity index (χ3v) is 8.25. The number of ketones is 1. The third-order valence-electron chi connectivity index (χ3n) is 7.41. The van der Waals surface area contributed by atoms with Gasteiger partial charge in [0.2, 0.25) is 5.78 Å². The number of halogens is 2. The molecule has 0 bridgehead atoms. The summed E-state index contributed by atoms with van der Waals surface area (Å²) in [6.45, 7) is 0. The fourth-order valence-electron chi connectivity index (χ4n) is 5.07. The van der Waals surface area contributed by atoms with E-state index in [1.807, 2.05) is 0 Å². The van der Waals surface area contributed by atoms with Gasteiger partial charge in [-0.15, -0.1) is 0 Å². The predicted octanol–water partition coefficient (Wildman–Crippen LogP) is 1.62. The van der Waals surface area contributed by atoms with Crippen molar-refractivity contribution >= 4 is 67.1 Å². The second kappa shape index (κ2) is 14.3. The third kappa shape index (κ3) is 7.63. The number of carbonyl (C=O) groups is 3. The van der Waals surface area contributed by atoms with Gasteiger partial charge in [0, 0.05) is 5.92 Å². The number of rotatable bonds is 12. The summed E-state index contributed by atoms with van der Waals surface area (Å²) in [7, 11) is 22.6. The summed E-state index contributed by atoms with van der Waals surface area (Å²) in [6.07, 6.45) is -1.07. The lowest BCUT2D eigenvalue weighted by Gasteiger charge is -2.34. The first-order valence-electron chi connectivity index (χ1n) is 13.3. The highest BCUT2D eigenvalue weighted by Crippen LogP contribution is 2.41. The molecule has 3 unspecified atom stereocenters. The van der Waals surface area contributed by atoms with Crippen LogP contribution < -0.4 is 9.47 Å². The first-order chi connectivity index (χ1) is 20.2. The average molecular weight is 602 g/mol. The minimum Gasteiger partial charge on any atom is -0.426 e. The van der Waals surface area contributed by atoms with E-state index in [0.29, 0.717) is 27.8 Å². The van der Waals surface area contributed by atoms with Gasteiger partial charge in [0.25, 0.3) is 0 Å². The highest BCUT2D eigenvalue weighted by molar-refractivity contribution is 7.87. The Morgan fingerprint density at radius 2 is 1.35 bits per heavy atom. The lowest BCUT2D eigenvalue weighted by Crippen LogP contribution is -2.48. The fourth-order valence-corrected chi connectivity index (χ4v) is 5.47. The van der Waals surface area contributed by atoms with Crippen LogP contribution in [0.1, 0.15) is 47.1 Å². The van der Waals surface area contributed by atoms with E-state index in [1.165, 1.54) is 12.1 Å². The second-order valence-corrected chi connectivity index (χ2v) is 11.6. The Bertz CT molecular complexity index is 1460. The Kier molecular flexibility index (Phi) is 11.5. The van der Waals surface area contributed by atoms with Gasteiger partial charge in [-0.25, -0.2) is 0 Å². The van der Waals surface area contributed by atoms with Crippen LogP contribution in [-0.2, 0) is 56.1 Å². The van der Waals surface area contributed by atoms with E-state index in [0.717, 1.165) is 0 Å². The number of hydrogen-bond acceptors (Lipinski definition) is 7. The van der Waals surface area contributed by atoms with Crippen molar-refractivity contribution in [3.63, 3.8) is 0 Å². The summed E-state index contributed by atoms with van der Waals surface area (Å²) in [5.41, 5.74) is 2.56. The van der Waals surface area contributed by atoms with Gasteiger partial charge < -0.3 is 9.47 Å². The number of Topliss-reactive ketones (excluding diaryl/α,β-unsaturated/α-hetero) is 1. The second-order valence-electron chi connectivity index (χ2n) is 10.1. The van der Waals surface area contributed by atoms with Gasteiger partial charge in [0.15, 0.2) is 0 Å². The molecule has 1 aliphatic carbocycles. The Hall–Kier alpha value is -2.86. The van der Waals surface area contributed by atoms with Crippen molar-refractivity contribution in [2.24, 2.45) is 17.8 Å². The van der Waals surface area contributed by atoms with Crippen LogP contribution >= 0.6 is 0 Å². The molecule has 1 saturated carbocycles. The zero-order chi connectivity index (χ0) is 32.1. The normalized spacial score (nSPS) is 19.0. The number of alkyl halides is 2. The zero-order valence-electron chi connectivity index (χ0n) is 23.1. The molecule has 1 aliphatic rings. The van der Waals surface area contributed by atoms with E-state index in [4.69, 9.17) is 53.3 Å². The van der Waals surface area contributed by atoms with Gasteiger partial charge in [-0.05, 0) is 42.0 Å². The largest absolute Gasteiger partial charge is 0.427 e. The van der Waals surface area contributed by atoms with Gasteiger partial charge in [0.05, 0.1) is 51.1 Å². The van der Waals surface area contributed by atoms with Gasteiger partial charge in [-0.2, -0.15) is 17.2 Å².